The Morgan fingerprint density at radius 2 is 1.89 bits per heavy atom. The molecule has 0 heterocycles. The third-order valence-electron chi connectivity index (χ3n) is 2.54. The van der Waals surface area contributed by atoms with Gasteiger partial charge < -0.3 is 10.1 Å². The van der Waals surface area contributed by atoms with E-state index in [0.29, 0.717) is 5.56 Å². The molecule has 0 bridgehead atoms. The minimum Gasteiger partial charge on any atom is -0.497 e. The van der Waals surface area contributed by atoms with Crippen LogP contribution in [0.25, 0.3) is 0 Å². The third-order valence-corrected chi connectivity index (χ3v) is 3.73. The Labute approximate surface area is 128 Å². The summed E-state index contributed by atoms with van der Waals surface area (Å²) in [5.41, 5.74) is 2.17. The van der Waals surface area contributed by atoms with Crippen LogP contribution in [0, 0.1) is 11.3 Å². The summed E-state index contributed by atoms with van der Waals surface area (Å²) in [5.74, 6) is 0.751. The number of methoxy groups -OCH3 is 1. The molecule has 0 spiro atoms. The van der Waals surface area contributed by atoms with E-state index in [4.69, 9.17) is 10.00 Å². The number of halogens is 2. The van der Waals surface area contributed by atoms with Gasteiger partial charge in [0.15, 0.2) is 0 Å². The average Bonchev–Trinajstić information content (AvgIpc) is 2.43. The summed E-state index contributed by atoms with van der Waals surface area (Å²) in [6.07, 6.45) is 0. The molecule has 96 valence electrons. The lowest BCUT2D eigenvalue weighted by Gasteiger charge is -2.11. The lowest BCUT2D eigenvalue weighted by Crippen LogP contribution is -1.95. The van der Waals surface area contributed by atoms with Crippen LogP contribution in [0.3, 0.4) is 0 Å². The summed E-state index contributed by atoms with van der Waals surface area (Å²) in [6.45, 7) is 0. The van der Waals surface area contributed by atoms with Gasteiger partial charge in [0.1, 0.15) is 11.8 Å². The molecule has 0 unspecified atom stereocenters. The maximum atomic E-state index is 9.14. The minimum atomic E-state index is 0.573. The zero-order valence-electron chi connectivity index (χ0n) is 10.1. The fourth-order valence-corrected chi connectivity index (χ4v) is 2.30. The van der Waals surface area contributed by atoms with Crippen LogP contribution < -0.4 is 10.1 Å². The van der Waals surface area contributed by atoms with E-state index < -0.39 is 0 Å². The second kappa shape index (κ2) is 6.09. The van der Waals surface area contributed by atoms with Crippen LogP contribution in [0.2, 0.25) is 0 Å². The number of anilines is 2. The summed E-state index contributed by atoms with van der Waals surface area (Å²) in [7, 11) is 1.62. The highest BCUT2D eigenvalue weighted by Gasteiger charge is 2.07. The normalized spacial score (nSPS) is 9.79. The number of hydrogen-bond donors (Lipinski definition) is 1. The average molecular weight is 382 g/mol. The van der Waals surface area contributed by atoms with Gasteiger partial charge in [0, 0.05) is 15.0 Å². The molecular weight excluding hydrogens is 372 g/mol. The van der Waals surface area contributed by atoms with Crippen LogP contribution in [-0.4, -0.2) is 7.11 Å². The highest BCUT2D eigenvalue weighted by atomic mass is 79.9. The van der Waals surface area contributed by atoms with Crippen LogP contribution in [0.4, 0.5) is 11.4 Å². The molecule has 1 N–H and O–H groups in total. The van der Waals surface area contributed by atoms with Gasteiger partial charge in [-0.1, -0.05) is 15.9 Å². The van der Waals surface area contributed by atoms with Gasteiger partial charge in [-0.05, 0) is 46.3 Å². The smallest absolute Gasteiger partial charge is 0.121 e. The topological polar surface area (TPSA) is 45.0 Å². The number of ether oxygens (including phenoxy) is 1. The van der Waals surface area contributed by atoms with Crippen molar-refractivity contribution < 1.29 is 4.74 Å². The van der Waals surface area contributed by atoms with Crippen molar-refractivity contribution >= 4 is 43.2 Å². The van der Waals surface area contributed by atoms with Gasteiger partial charge in [0.25, 0.3) is 0 Å². The van der Waals surface area contributed by atoms with E-state index in [1.807, 2.05) is 30.3 Å². The number of rotatable bonds is 3. The fraction of sp³-hybridized carbons (Fsp3) is 0.0714. The fourth-order valence-electron chi connectivity index (χ4n) is 1.59. The van der Waals surface area contributed by atoms with Crippen molar-refractivity contribution in [1.29, 1.82) is 5.26 Å². The predicted octanol–water partition coefficient (Wildman–Crippen LogP) is 4.84. The van der Waals surface area contributed by atoms with Crippen molar-refractivity contribution in [2.24, 2.45) is 0 Å². The predicted molar refractivity (Wildman–Crippen MR) is 82.8 cm³/mol. The van der Waals surface area contributed by atoms with Crippen molar-refractivity contribution in [2.45, 2.75) is 0 Å². The van der Waals surface area contributed by atoms with Crippen molar-refractivity contribution in [3.8, 4) is 11.8 Å². The van der Waals surface area contributed by atoms with Gasteiger partial charge in [0.05, 0.1) is 24.0 Å². The van der Waals surface area contributed by atoms with E-state index in [-0.39, 0.29) is 0 Å². The summed E-state index contributed by atoms with van der Waals surface area (Å²) in [5, 5.41) is 12.4. The Morgan fingerprint density at radius 3 is 2.58 bits per heavy atom. The van der Waals surface area contributed by atoms with E-state index in [0.717, 1.165) is 26.1 Å². The summed E-state index contributed by atoms with van der Waals surface area (Å²) in [6, 6.07) is 13.3. The van der Waals surface area contributed by atoms with E-state index in [2.05, 4.69) is 43.2 Å². The van der Waals surface area contributed by atoms with Crippen LogP contribution in [-0.2, 0) is 0 Å². The SMILES string of the molecule is COc1ccc(Br)c(Nc2ccc(Br)cc2C#N)c1. The molecule has 0 aliphatic heterocycles. The first-order valence-corrected chi connectivity index (χ1v) is 7.03. The summed E-state index contributed by atoms with van der Waals surface area (Å²) in [4.78, 5) is 0. The maximum Gasteiger partial charge on any atom is 0.121 e. The molecule has 0 aliphatic rings. The minimum absolute atomic E-state index is 0.573. The van der Waals surface area contributed by atoms with E-state index in [9.17, 15) is 0 Å². The first-order valence-electron chi connectivity index (χ1n) is 5.44. The van der Waals surface area contributed by atoms with Crippen molar-refractivity contribution in [1.82, 2.24) is 0 Å². The zero-order chi connectivity index (χ0) is 13.8. The van der Waals surface area contributed by atoms with Gasteiger partial charge in [0.2, 0.25) is 0 Å². The molecule has 0 fully saturated rings. The summed E-state index contributed by atoms with van der Waals surface area (Å²) < 4.78 is 6.97. The van der Waals surface area contributed by atoms with E-state index >= 15 is 0 Å². The largest absolute Gasteiger partial charge is 0.497 e. The van der Waals surface area contributed by atoms with Crippen LogP contribution in [0.15, 0.2) is 45.3 Å². The Kier molecular flexibility index (Phi) is 4.46. The number of hydrogen-bond acceptors (Lipinski definition) is 3. The monoisotopic (exact) mass is 380 g/mol. The van der Waals surface area contributed by atoms with Crippen LogP contribution >= 0.6 is 31.9 Å². The lowest BCUT2D eigenvalue weighted by atomic mass is 10.2. The molecule has 2 rings (SSSR count). The number of benzene rings is 2. The Bertz CT molecular complexity index is 650. The van der Waals surface area contributed by atoms with E-state index in [1.165, 1.54) is 0 Å². The zero-order valence-corrected chi connectivity index (χ0v) is 13.2. The van der Waals surface area contributed by atoms with E-state index in [1.54, 1.807) is 13.2 Å². The second-order valence-corrected chi connectivity index (χ2v) is 5.54. The Balaban J connectivity index is 2.39. The van der Waals surface area contributed by atoms with Crippen LogP contribution in [0.5, 0.6) is 5.75 Å². The van der Waals surface area contributed by atoms with Crippen LogP contribution in [0.1, 0.15) is 5.56 Å². The molecule has 0 aromatic heterocycles. The third kappa shape index (κ3) is 3.28. The van der Waals surface area contributed by atoms with Gasteiger partial charge in [-0.2, -0.15) is 5.26 Å². The standard InChI is InChI=1S/C14H10Br2N2O/c1-19-11-3-4-12(16)14(7-11)18-13-5-2-10(15)6-9(13)8-17/h2-7,18H,1H3. The first-order chi connectivity index (χ1) is 9.13. The van der Waals surface area contributed by atoms with Gasteiger partial charge in [-0.3, -0.25) is 0 Å². The first kappa shape index (κ1) is 13.9. The molecule has 0 amide bonds. The maximum absolute atomic E-state index is 9.14. The molecule has 2 aromatic carbocycles. The highest BCUT2D eigenvalue weighted by molar-refractivity contribution is 9.10. The molecule has 0 saturated heterocycles. The number of nitrogens with zero attached hydrogens (tertiary/aromatic N) is 1. The molecule has 3 nitrogen and oxygen atoms in total. The molecule has 2 aromatic rings. The number of nitriles is 1. The van der Waals surface area contributed by atoms with Gasteiger partial charge in [-0.25, -0.2) is 0 Å². The molecule has 0 saturated carbocycles. The lowest BCUT2D eigenvalue weighted by molar-refractivity contribution is 0.415. The summed E-state index contributed by atoms with van der Waals surface area (Å²) >= 11 is 6.82. The molecule has 19 heavy (non-hydrogen) atoms. The van der Waals surface area contributed by atoms with Crippen molar-refractivity contribution in [2.75, 3.05) is 12.4 Å². The molecule has 0 radical (unpaired) electrons. The molecule has 5 heteroatoms. The number of nitrogens with one attached hydrogen (secondary N) is 1. The Morgan fingerprint density at radius 1 is 1.11 bits per heavy atom. The van der Waals surface area contributed by atoms with Gasteiger partial charge >= 0.3 is 0 Å². The second-order valence-electron chi connectivity index (χ2n) is 3.77. The van der Waals surface area contributed by atoms with Crippen molar-refractivity contribution in [3.05, 3.63) is 50.9 Å². The highest BCUT2D eigenvalue weighted by Crippen LogP contribution is 2.31. The van der Waals surface area contributed by atoms with Gasteiger partial charge in [-0.15, -0.1) is 0 Å². The molecular formula is C14H10Br2N2O. The molecule has 0 aliphatic carbocycles. The Hall–Kier alpha value is -1.51. The quantitative estimate of drug-likeness (QED) is 0.827. The van der Waals surface area contributed by atoms with Crippen molar-refractivity contribution in [3.63, 3.8) is 0 Å². The molecule has 0 atom stereocenters.